The van der Waals surface area contributed by atoms with Gasteiger partial charge in [-0.2, -0.15) is 5.10 Å². The van der Waals surface area contributed by atoms with Gasteiger partial charge in [0.2, 0.25) is 0 Å². The molecule has 3 aromatic rings. The van der Waals surface area contributed by atoms with Crippen LogP contribution in [-0.4, -0.2) is 46.2 Å². The van der Waals surface area contributed by atoms with E-state index in [-0.39, 0.29) is 5.91 Å². The molecule has 6 heteroatoms. The Balaban J connectivity index is 1.47. The number of aromatic amines is 1. The number of pyridine rings is 1. The standard InChI is InChI=1S/C25H30N4O2/c1-16(2)22-15-24(28-27-22)25(30)29-10-8-18(9-11-29)23-14-20(12-17(3)26-23)19-6-5-7-21(13-19)31-4/h5-7,12-16,18H,8-11H2,1-4H3,(H,27,28). The van der Waals surface area contributed by atoms with Crippen LogP contribution in [0.1, 0.15) is 66.1 Å². The van der Waals surface area contributed by atoms with Crippen LogP contribution in [0.2, 0.25) is 0 Å². The van der Waals surface area contributed by atoms with Crippen molar-refractivity contribution in [2.24, 2.45) is 0 Å². The van der Waals surface area contributed by atoms with Crippen LogP contribution in [0.15, 0.2) is 42.5 Å². The van der Waals surface area contributed by atoms with Crippen LogP contribution in [0.3, 0.4) is 0 Å². The van der Waals surface area contributed by atoms with Crippen LogP contribution in [0.25, 0.3) is 11.1 Å². The molecule has 0 unspecified atom stereocenters. The molecule has 1 aliphatic rings. The van der Waals surface area contributed by atoms with Crippen molar-refractivity contribution in [1.29, 1.82) is 0 Å². The normalized spacial score (nSPS) is 14.8. The lowest BCUT2D eigenvalue weighted by Gasteiger charge is -2.31. The number of carbonyl (C=O) groups is 1. The van der Waals surface area contributed by atoms with Crippen LogP contribution in [-0.2, 0) is 0 Å². The predicted molar refractivity (Wildman–Crippen MR) is 122 cm³/mol. The maximum absolute atomic E-state index is 12.8. The number of hydrogen-bond acceptors (Lipinski definition) is 4. The summed E-state index contributed by atoms with van der Waals surface area (Å²) in [7, 11) is 1.68. The third kappa shape index (κ3) is 4.63. The first kappa shape index (κ1) is 21.1. The number of nitrogens with zero attached hydrogens (tertiary/aromatic N) is 3. The molecule has 6 nitrogen and oxygen atoms in total. The second kappa shape index (κ2) is 8.92. The second-order valence-electron chi connectivity index (χ2n) is 8.58. The Morgan fingerprint density at radius 3 is 2.58 bits per heavy atom. The SMILES string of the molecule is COc1cccc(-c2cc(C)nc(C3CCN(C(=O)c4cc(C(C)C)[nH]n4)CC3)c2)c1. The highest BCUT2D eigenvalue weighted by Crippen LogP contribution is 2.32. The van der Waals surface area contributed by atoms with Crippen molar-refractivity contribution >= 4 is 5.91 Å². The number of H-pyrrole nitrogens is 1. The number of carbonyl (C=O) groups excluding carboxylic acids is 1. The summed E-state index contributed by atoms with van der Waals surface area (Å²) in [6.07, 6.45) is 1.81. The van der Waals surface area contributed by atoms with Crippen molar-refractivity contribution in [1.82, 2.24) is 20.1 Å². The molecule has 0 atom stereocenters. The summed E-state index contributed by atoms with van der Waals surface area (Å²) in [5.41, 5.74) is 5.89. The number of rotatable bonds is 5. The van der Waals surface area contributed by atoms with E-state index in [1.54, 1.807) is 7.11 Å². The van der Waals surface area contributed by atoms with Crippen LogP contribution < -0.4 is 4.74 Å². The second-order valence-corrected chi connectivity index (χ2v) is 8.58. The highest BCUT2D eigenvalue weighted by Gasteiger charge is 2.27. The fraction of sp³-hybridized carbons (Fsp3) is 0.400. The van der Waals surface area contributed by atoms with Crippen molar-refractivity contribution in [3.63, 3.8) is 0 Å². The average molecular weight is 419 g/mol. The topological polar surface area (TPSA) is 71.1 Å². The Labute approximate surface area is 183 Å². The molecule has 1 aromatic carbocycles. The first-order valence-electron chi connectivity index (χ1n) is 10.9. The minimum absolute atomic E-state index is 0.0101. The first-order valence-corrected chi connectivity index (χ1v) is 10.9. The quantitative estimate of drug-likeness (QED) is 0.638. The number of amides is 1. The first-order chi connectivity index (χ1) is 14.9. The van der Waals surface area contributed by atoms with E-state index in [0.29, 0.717) is 17.5 Å². The zero-order valence-corrected chi connectivity index (χ0v) is 18.7. The maximum Gasteiger partial charge on any atom is 0.274 e. The Kier molecular flexibility index (Phi) is 6.07. The van der Waals surface area contributed by atoms with Gasteiger partial charge in [-0.15, -0.1) is 0 Å². The van der Waals surface area contributed by atoms with Crippen LogP contribution in [0.4, 0.5) is 0 Å². The molecule has 0 aliphatic carbocycles. The van der Waals surface area contributed by atoms with Crippen molar-refractivity contribution < 1.29 is 9.53 Å². The Morgan fingerprint density at radius 1 is 1.13 bits per heavy atom. The molecule has 1 fully saturated rings. The smallest absolute Gasteiger partial charge is 0.274 e. The Hall–Kier alpha value is -3.15. The van der Waals surface area contributed by atoms with Crippen molar-refractivity contribution in [3.8, 4) is 16.9 Å². The third-order valence-electron chi connectivity index (χ3n) is 6.02. The molecule has 1 aliphatic heterocycles. The fourth-order valence-electron chi connectivity index (χ4n) is 4.15. The van der Waals surface area contributed by atoms with E-state index in [1.807, 2.05) is 30.0 Å². The molecule has 162 valence electrons. The fourth-order valence-corrected chi connectivity index (χ4v) is 4.15. The van der Waals surface area contributed by atoms with Gasteiger partial charge in [0.1, 0.15) is 11.4 Å². The number of methoxy groups -OCH3 is 1. The minimum atomic E-state index is 0.0101. The van der Waals surface area contributed by atoms with Gasteiger partial charge in [-0.1, -0.05) is 26.0 Å². The van der Waals surface area contributed by atoms with Crippen LogP contribution in [0.5, 0.6) is 5.75 Å². The molecule has 2 aromatic heterocycles. The number of aromatic nitrogens is 3. The van der Waals surface area contributed by atoms with Gasteiger partial charge in [0.15, 0.2) is 0 Å². The van der Waals surface area contributed by atoms with Gasteiger partial charge in [0, 0.05) is 36.1 Å². The van der Waals surface area contributed by atoms with Crippen LogP contribution >= 0.6 is 0 Å². The van der Waals surface area contributed by atoms with Gasteiger partial charge in [-0.3, -0.25) is 14.9 Å². The maximum atomic E-state index is 12.8. The number of benzene rings is 1. The molecule has 0 bridgehead atoms. The number of hydrogen-bond donors (Lipinski definition) is 1. The van der Waals surface area contributed by atoms with Crippen molar-refractivity contribution in [2.45, 2.75) is 45.4 Å². The van der Waals surface area contributed by atoms with Gasteiger partial charge in [-0.05, 0) is 67.1 Å². The Morgan fingerprint density at radius 2 is 1.90 bits per heavy atom. The summed E-state index contributed by atoms with van der Waals surface area (Å²) in [5.74, 6) is 1.53. The summed E-state index contributed by atoms with van der Waals surface area (Å²) in [5, 5.41) is 7.20. The molecule has 3 heterocycles. The molecule has 0 saturated carbocycles. The average Bonchev–Trinajstić information content (AvgIpc) is 3.29. The molecule has 0 spiro atoms. The summed E-state index contributed by atoms with van der Waals surface area (Å²) in [6, 6.07) is 14.3. The molecule has 1 saturated heterocycles. The number of ether oxygens (including phenoxy) is 1. The van der Waals surface area contributed by atoms with E-state index in [0.717, 1.165) is 59.9 Å². The highest BCUT2D eigenvalue weighted by molar-refractivity contribution is 5.92. The lowest BCUT2D eigenvalue weighted by Crippen LogP contribution is -2.38. The summed E-state index contributed by atoms with van der Waals surface area (Å²) in [6.45, 7) is 7.65. The molecular weight excluding hydrogens is 388 g/mol. The third-order valence-corrected chi connectivity index (χ3v) is 6.02. The van der Waals surface area contributed by atoms with E-state index in [2.05, 4.69) is 48.3 Å². The lowest BCUT2D eigenvalue weighted by atomic mass is 9.91. The minimum Gasteiger partial charge on any atom is -0.497 e. The Bertz CT molecular complexity index is 1060. The summed E-state index contributed by atoms with van der Waals surface area (Å²) in [4.78, 5) is 19.6. The zero-order valence-electron chi connectivity index (χ0n) is 18.7. The van der Waals surface area contributed by atoms with E-state index in [1.165, 1.54) is 0 Å². The molecule has 31 heavy (non-hydrogen) atoms. The van der Waals surface area contributed by atoms with Gasteiger partial charge < -0.3 is 9.64 Å². The lowest BCUT2D eigenvalue weighted by molar-refractivity contribution is 0.0706. The van der Waals surface area contributed by atoms with Crippen molar-refractivity contribution in [2.75, 3.05) is 20.2 Å². The summed E-state index contributed by atoms with van der Waals surface area (Å²) < 4.78 is 5.38. The molecule has 0 radical (unpaired) electrons. The van der Waals surface area contributed by atoms with Gasteiger partial charge in [0.25, 0.3) is 5.91 Å². The van der Waals surface area contributed by atoms with E-state index < -0.39 is 0 Å². The molecule has 1 amide bonds. The number of likely N-dealkylation sites (tertiary alicyclic amines) is 1. The highest BCUT2D eigenvalue weighted by atomic mass is 16.5. The molecule has 4 rings (SSSR count). The van der Waals surface area contributed by atoms with Crippen LogP contribution in [0, 0.1) is 6.92 Å². The molecular formula is C25H30N4O2. The van der Waals surface area contributed by atoms with E-state index in [9.17, 15) is 4.79 Å². The number of nitrogens with one attached hydrogen (secondary N) is 1. The van der Waals surface area contributed by atoms with Crippen molar-refractivity contribution in [3.05, 3.63) is 65.2 Å². The largest absolute Gasteiger partial charge is 0.497 e. The van der Waals surface area contributed by atoms with E-state index >= 15 is 0 Å². The van der Waals surface area contributed by atoms with E-state index in [4.69, 9.17) is 9.72 Å². The monoisotopic (exact) mass is 418 g/mol. The predicted octanol–water partition coefficient (Wildman–Crippen LogP) is 4.93. The van der Waals surface area contributed by atoms with Gasteiger partial charge >= 0.3 is 0 Å². The van der Waals surface area contributed by atoms with Gasteiger partial charge in [-0.25, -0.2) is 0 Å². The zero-order chi connectivity index (χ0) is 22.0. The van der Waals surface area contributed by atoms with Gasteiger partial charge in [0.05, 0.1) is 7.11 Å². The number of piperidine rings is 1. The summed E-state index contributed by atoms with van der Waals surface area (Å²) >= 11 is 0. The number of aryl methyl sites for hydroxylation is 1. The molecule has 1 N–H and O–H groups in total.